The molecule has 0 atom stereocenters. The van der Waals surface area contributed by atoms with Crippen molar-refractivity contribution in [1.82, 2.24) is 19.4 Å². The van der Waals surface area contributed by atoms with Gasteiger partial charge in [0.1, 0.15) is 5.82 Å². The summed E-state index contributed by atoms with van der Waals surface area (Å²) >= 11 is 0. The summed E-state index contributed by atoms with van der Waals surface area (Å²) in [4.78, 5) is 28.6. The van der Waals surface area contributed by atoms with E-state index in [9.17, 15) is 9.59 Å². The number of rotatable bonds is 5. The molecule has 0 aliphatic heterocycles. The van der Waals surface area contributed by atoms with Crippen LogP contribution in [0.25, 0.3) is 22.1 Å². The largest absolute Gasteiger partial charge is 0.419 e. The summed E-state index contributed by atoms with van der Waals surface area (Å²) < 4.78 is 8.61. The normalized spacial score (nSPS) is 11.3. The highest BCUT2D eigenvalue weighted by atomic mass is 16.4. The Kier molecular flexibility index (Phi) is 4.04. The highest BCUT2D eigenvalue weighted by molar-refractivity contribution is 5.78. The molecule has 132 valence electrons. The maximum Gasteiger partial charge on any atom is 0.419 e. The molecule has 1 amide bonds. The van der Waals surface area contributed by atoms with E-state index in [0.29, 0.717) is 17.6 Å². The lowest BCUT2D eigenvalue weighted by molar-refractivity contribution is -0.121. The maximum atomic E-state index is 12.2. The molecule has 2 aromatic carbocycles. The maximum absolute atomic E-state index is 12.2. The quantitative estimate of drug-likeness (QED) is 0.598. The zero-order valence-corrected chi connectivity index (χ0v) is 14.3. The molecular formula is C19H18N4O3. The van der Waals surface area contributed by atoms with Crippen molar-refractivity contribution >= 4 is 28.0 Å². The molecule has 0 fully saturated rings. The third-order valence-corrected chi connectivity index (χ3v) is 4.46. The number of para-hydroxylation sites is 4. The summed E-state index contributed by atoms with van der Waals surface area (Å²) in [5, 5.41) is 2.86. The topological polar surface area (TPSA) is 82.1 Å². The molecule has 0 saturated heterocycles. The van der Waals surface area contributed by atoms with Crippen molar-refractivity contribution in [1.29, 1.82) is 0 Å². The minimum atomic E-state index is -0.450. The highest BCUT2D eigenvalue weighted by Crippen LogP contribution is 2.14. The summed E-state index contributed by atoms with van der Waals surface area (Å²) in [7, 11) is 1.92. The van der Waals surface area contributed by atoms with Crippen molar-refractivity contribution in [2.24, 2.45) is 7.05 Å². The summed E-state index contributed by atoms with van der Waals surface area (Å²) in [6.07, 6.45) is 0.188. The van der Waals surface area contributed by atoms with Crippen molar-refractivity contribution in [2.45, 2.75) is 19.5 Å². The predicted octanol–water partition coefficient (Wildman–Crippen LogP) is 2.19. The summed E-state index contributed by atoms with van der Waals surface area (Å²) in [5.74, 6) is 0.189. The van der Waals surface area contributed by atoms with Crippen LogP contribution in [0.4, 0.5) is 0 Å². The number of carbonyl (C=O) groups is 1. The first-order valence-corrected chi connectivity index (χ1v) is 8.39. The van der Waals surface area contributed by atoms with Gasteiger partial charge in [0.25, 0.3) is 0 Å². The van der Waals surface area contributed by atoms with E-state index in [4.69, 9.17) is 4.42 Å². The molecule has 26 heavy (non-hydrogen) atoms. The lowest BCUT2D eigenvalue weighted by Crippen LogP contribution is -2.26. The zero-order valence-electron chi connectivity index (χ0n) is 14.3. The van der Waals surface area contributed by atoms with Crippen LogP contribution in [-0.4, -0.2) is 20.0 Å². The molecule has 2 aromatic heterocycles. The van der Waals surface area contributed by atoms with Gasteiger partial charge in [0.05, 0.1) is 23.1 Å². The van der Waals surface area contributed by atoms with Gasteiger partial charge in [-0.2, -0.15) is 0 Å². The van der Waals surface area contributed by atoms with Crippen molar-refractivity contribution in [3.05, 3.63) is 64.9 Å². The number of carbonyl (C=O) groups excluding carboxylic acids is 1. The van der Waals surface area contributed by atoms with Crippen molar-refractivity contribution < 1.29 is 9.21 Å². The van der Waals surface area contributed by atoms with Crippen LogP contribution >= 0.6 is 0 Å². The van der Waals surface area contributed by atoms with Crippen LogP contribution in [-0.2, 0) is 24.9 Å². The molecule has 2 heterocycles. The van der Waals surface area contributed by atoms with Gasteiger partial charge in [0.2, 0.25) is 5.91 Å². The lowest BCUT2D eigenvalue weighted by Gasteiger charge is -2.06. The Hall–Kier alpha value is -3.35. The fourth-order valence-electron chi connectivity index (χ4n) is 3.06. The third-order valence-electron chi connectivity index (χ3n) is 4.46. The minimum absolute atomic E-state index is 0.144. The number of aromatic nitrogens is 3. The van der Waals surface area contributed by atoms with Gasteiger partial charge in [-0.15, -0.1) is 0 Å². The first-order chi connectivity index (χ1) is 12.6. The van der Waals surface area contributed by atoms with Gasteiger partial charge in [0, 0.05) is 20.0 Å². The predicted molar refractivity (Wildman–Crippen MR) is 97.7 cm³/mol. The lowest BCUT2D eigenvalue weighted by atomic mass is 10.3. The van der Waals surface area contributed by atoms with Crippen LogP contribution in [0.2, 0.25) is 0 Å². The van der Waals surface area contributed by atoms with Crippen LogP contribution in [0.1, 0.15) is 12.2 Å². The highest BCUT2D eigenvalue weighted by Gasteiger charge is 2.12. The Labute approximate surface area is 148 Å². The molecule has 0 radical (unpaired) electrons. The Morgan fingerprint density at radius 2 is 1.85 bits per heavy atom. The van der Waals surface area contributed by atoms with Gasteiger partial charge in [-0.05, 0) is 24.3 Å². The molecule has 0 unspecified atom stereocenters. The fourth-order valence-corrected chi connectivity index (χ4v) is 3.06. The molecule has 4 rings (SSSR count). The van der Waals surface area contributed by atoms with Crippen molar-refractivity contribution in [2.75, 3.05) is 0 Å². The number of fused-ring (bicyclic) bond motifs is 2. The van der Waals surface area contributed by atoms with Gasteiger partial charge >= 0.3 is 5.76 Å². The SMILES string of the molecule is Cn1c(CNC(=O)CCn2c(=O)oc3ccccc32)nc2ccccc21. The number of hydrogen-bond donors (Lipinski definition) is 1. The standard InChI is InChI=1S/C19H18N4O3/c1-22-14-7-3-2-6-13(14)21-17(22)12-20-18(24)10-11-23-15-8-4-5-9-16(15)26-19(23)25/h2-9H,10-12H2,1H3,(H,20,24). The van der Waals surface area contributed by atoms with E-state index in [1.54, 1.807) is 18.2 Å². The van der Waals surface area contributed by atoms with Crippen LogP contribution < -0.4 is 11.1 Å². The molecule has 0 aliphatic carbocycles. The number of nitrogens with one attached hydrogen (secondary N) is 1. The van der Waals surface area contributed by atoms with E-state index in [0.717, 1.165) is 16.9 Å². The van der Waals surface area contributed by atoms with Crippen molar-refractivity contribution in [3.63, 3.8) is 0 Å². The molecule has 0 bridgehead atoms. The molecular weight excluding hydrogens is 332 g/mol. The van der Waals surface area contributed by atoms with Gasteiger partial charge in [-0.1, -0.05) is 24.3 Å². The fraction of sp³-hybridized carbons (Fsp3) is 0.211. The second-order valence-corrected chi connectivity index (χ2v) is 6.09. The zero-order chi connectivity index (χ0) is 18.1. The summed E-state index contributed by atoms with van der Waals surface area (Å²) in [5.41, 5.74) is 3.14. The number of oxazole rings is 1. The van der Waals surface area contributed by atoms with Gasteiger partial charge in [0.15, 0.2) is 5.58 Å². The van der Waals surface area contributed by atoms with E-state index in [1.165, 1.54) is 4.57 Å². The monoisotopic (exact) mass is 350 g/mol. The van der Waals surface area contributed by atoms with E-state index >= 15 is 0 Å². The molecule has 0 aliphatic rings. The van der Waals surface area contributed by atoms with E-state index in [2.05, 4.69) is 10.3 Å². The second-order valence-electron chi connectivity index (χ2n) is 6.09. The van der Waals surface area contributed by atoms with E-state index < -0.39 is 5.76 Å². The second kappa shape index (κ2) is 6.51. The van der Waals surface area contributed by atoms with E-state index in [1.807, 2.05) is 41.9 Å². The van der Waals surface area contributed by atoms with Crippen molar-refractivity contribution in [3.8, 4) is 0 Å². The number of amides is 1. The van der Waals surface area contributed by atoms with Gasteiger partial charge in [-0.3, -0.25) is 9.36 Å². The molecule has 7 nitrogen and oxygen atoms in total. The molecule has 0 spiro atoms. The smallest absolute Gasteiger partial charge is 0.408 e. The first-order valence-electron chi connectivity index (χ1n) is 8.39. The number of aryl methyl sites for hydroxylation is 2. The third kappa shape index (κ3) is 2.88. The number of nitrogens with zero attached hydrogens (tertiary/aromatic N) is 3. The minimum Gasteiger partial charge on any atom is -0.408 e. The Bertz CT molecular complexity index is 1150. The van der Waals surface area contributed by atoms with Crippen LogP contribution in [0.3, 0.4) is 0 Å². The van der Waals surface area contributed by atoms with Gasteiger partial charge < -0.3 is 14.3 Å². The number of benzene rings is 2. The molecule has 1 N–H and O–H groups in total. The first kappa shape index (κ1) is 16.1. The number of hydrogen-bond acceptors (Lipinski definition) is 4. The van der Waals surface area contributed by atoms with Crippen LogP contribution in [0.5, 0.6) is 0 Å². The molecule has 0 saturated carbocycles. The average molecular weight is 350 g/mol. The summed E-state index contributed by atoms with van der Waals surface area (Å²) in [6.45, 7) is 0.606. The van der Waals surface area contributed by atoms with Crippen LogP contribution in [0.15, 0.2) is 57.7 Å². The Morgan fingerprint density at radius 3 is 2.65 bits per heavy atom. The average Bonchev–Trinajstić information content (AvgIpc) is 3.15. The molecule has 4 aromatic rings. The van der Waals surface area contributed by atoms with Gasteiger partial charge in [-0.25, -0.2) is 9.78 Å². The molecule has 7 heteroatoms. The van der Waals surface area contributed by atoms with E-state index in [-0.39, 0.29) is 18.9 Å². The Morgan fingerprint density at radius 1 is 1.12 bits per heavy atom. The Balaban J connectivity index is 1.41. The summed E-state index contributed by atoms with van der Waals surface area (Å²) in [6, 6.07) is 15.0. The number of imidazole rings is 1. The van der Waals surface area contributed by atoms with Crippen LogP contribution in [0, 0.1) is 0 Å².